The van der Waals surface area contributed by atoms with E-state index in [4.69, 9.17) is 16.2 Å². The normalized spacial score (nSPS) is 10.2. The Hall–Kier alpha value is -5.49. The molecule has 0 atom stereocenters. The van der Waals surface area contributed by atoms with Crippen molar-refractivity contribution in [2.24, 2.45) is 16.5 Å². The largest absolute Gasteiger partial charge is 0.480 e. The number of rotatable bonds is 9. The first-order valence-electron chi connectivity index (χ1n) is 11.7. The van der Waals surface area contributed by atoms with Crippen LogP contribution in [-0.4, -0.2) is 56.4 Å². The monoisotopic (exact) mass is 577 g/mol. The molecule has 0 saturated carbocycles. The number of aromatic carboxylic acids is 1. The minimum Gasteiger partial charge on any atom is -0.480 e. The third kappa shape index (κ3) is 7.77. The van der Waals surface area contributed by atoms with Crippen LogP contribution in [0.1, 0.15) is 36.8 Å². The van der Waals surface area contributed by atoms with E-state index in [1.165, 1.54) is 36.4 Å². The van der Waals surface area contributed by atoms with Gasteiger partial charge in [-0.3, -0.25) is 14.6 Å². The lowest BCUT2D eigenvalue weighted by Gasteiger charge is -2.21. The number of aromatic nitrogens is 1. The third-order valence-electron chi connectivity index (χ3n) is 5.61. The molecule has 4 aromatic rings. The van der Waals surface area contributed by atoms with Crippen molar-refractivity contribution in [1.29, 1.82) is 0 Å². The van der Waals surface area contributed by atoms with E-state index < -0.39 is 30.4 Å². The maximum absolute atomic E-state index is 13.0. The zero-order valence-corrected chi connectivity index (χ0v) is 22.1. The first-order valence-corrected chi connectivity index (χ1v) is 11.7. The predicted molar refractivity (Wildman–Crippen MR) is 152 cm³/mol. The Morgan fingerprint density at radius 2 is 1.56 bits per heavy atom. The van der Waals surface area contributed by atoms with E-state index in [1.54, 1.807) is 42.5 Å². The maximum atomic E-state index is 13.0. The van der Waals surface area contributed by atoms with Gasteiger partial charge in [0, 0.05) is 10.9 Å². The fraction of sp³-hybridized carbons (Fsp3) is 0.0714. The van der Waals surface area contributed by atoms with E-state index >= 15 is 0 Å². The Balaban J connectivity index is 0.00000462. The van der Waals surface area contributed by atoms with Crippen molar-refractivity contribution in [2.75, 3.05) is 6.54 Å². The molecule has 4 rings (SSSR count). The highest BCUT2D eigenvalue weighted by atomic mass is 35.5. The van der Waals surface area contributed by atoms with Crippen LogP contribution >= 0.6 is 12.4 Å². The minimum absolute atomic E-state index is 0. The molecule has 0 fully saturated rings. The Kier molecular flexibility index (Phi) is 9.56. The second-order valence-corrected chi connectivity index (χ2v) is 8.57. The third-order valence-corrected chi connectivity index (χ3v) is 5.61. The molecule has 12 nitrogen and oxygen atoms in total. The van der Waals surface area contributed by atoms with Gasteiger partial charge in [-0.25, -0.2) is 14.6 Å². The summed E-state index contributed by atoms with van der Waals surface area (Å²) in [6, 6.07) is 19.7. The van der Waals surface area contributed by atoms with Crippen molar-refractivity contribution in [3.05, 3.63) is 101 Å². The molecule has 0 aliphatic rings. The zero-order chi connectivity index (χ0) is 28.8. The highest BCUT2D eigenvalue weighted by molar-refractivity contribution is 5.98. The van der Waals surface area contributed by atoms with Crippen LogP contribution in [0.2, 0.25) is 0 Å². The molecular weight excluding hydrogens is 554 g/mol. The van der Waals surface area contributed by atoms with Crippen molar-refractivity contribution in [3.63, 3.8) is 0 Å². The van der Waals surface area contributed by atoms with Gasteiger partial charge in [-0.05, 0) is 66.7 Å². The summed E-state index contributed by atoms with van der Waals surface area (Å²) < 4.78 is 5.46. The van der Waals surface area contributed by atoms with Gasteiger partial charge in [-0.15, -0.1) is 12.4 Å². The van der Waals surface area contributed by atoms with E-state index in [-0.39, 0.29) is 41.8 Å². The van der Waals surface area contributed by atoms with Crippen LogP contribution in [0.3, 0.4) is 0 Å². The van der Waals surface area contributed by atoms with Crippen molar-refractivity contribution in [1.82, 2.24) is 9.88 Å². The van der Waals surface area contributed by atoms with Crippen molar-refractivity contribution in [3.8, 4) is 5.75 Å². The summed E-state index contributed by atoms with van der Waals surface area (Å²) in [5.74, 6) is -3.51. The van der Waals surface area contributed by atoms with E-state index in [0.717, 1.165) is 4.90 Å². The summed E-state index contributed by atoms with van der Waals surface area (Å²) in [7, 11) is 0. The van der Waals surface area contributed by atoms with Gasteiger partial charge < -0.3 is 31.3 Å². The molecule has 1 aromatic heterocycles. The van der Waals surface area contributed by atoms with Gasteiger partial charge in [0.2, 0.25) is 0 Å². The molecule has 6 N–H and O–H groups in total. The van der Waals surface area contributed by atoms with Crippen molar-refractivity contribution in [2.45, 2.75) is 6.54 Å². The van der Waals surface area contributed by atoms with Gasteiger partial charge in [-0.2, -0.15) is 0 Å². The standard InChI is InChI=1S/C28H23N5O7.ClH/c29-28(30)32-20-7-4-16(5-8-20)27(39)40-22-10-11-23-17(13-22)6-9-21(31-23)14-33(15-24(34)35)25(36)18-2-1-3-19(12-18)26(37)38;/h1-13H,14-15H2,(H,34,35)(H,37,38)(H4,29,30,32);1H. The van der Waals surface area contributed by atoms with E-state index in [9.17, 15) is 29.4 Å². The summed E-state index contributed by atoms with van der Waals surface area (Å²) in [4.78, 5) is 57.7. The number of carbonyl (C=O) groups excluding carboxylic acids is 2. The molecule has 0 radical (unpaired) electrons. The van der Waals surface area contributed by atoms with Crippen LogP contribution in [0.15, 0.2) is 83.9 Å². The SMILES string of the molecule is Cl.NC(N)=Nc1ccc(C(=O)Oc2ccc3nc(CN(CC(=O)O)C(=O)c4cccc(C(=O)O)c4)ccc3c2)cc1. The number of guanidine groups is 1. The molecule has 0 aliphatic heterocycles. The fourth-order valence-corrected chi connectivity index (χ4v) is 3.81. The molecule has 0 unspecified atom stereocenters. The average molecular weight is 578 g/mol. The fourth-order valence-electron chi connectivity index (χ4n) is 3.81. The first kappa shape index (κ1) is 30.1. The van der Waals surface area contributed by atoms with Crippen LogP contribution in [0.25, 0.3) is 10.9 Å². The maximum Gasteiger partial charge on any atom is 0.343 e. The van der Waals surface area contributed by atoms with Crippen LogP contribution in [0.4, 0.5) is 5.69 Å². The predicted octanol–water partition coefficient (Wildman–Crippen LogP) is 3.21. The second-order valence-electron chi connectivity index (χ2n) is 8.57. The second kappa shape index (κ2) is 13.0. The molecule has 1 heterocycles. The molecule has 0 saturated heterocycles. The molecule has 13 heteroatoms. The number of hydrogen-bond acceptors (Lipinski definition) is 7. The number of halogens is 1. The number of hydrogen-bond donors (Lipinski definition) is 4. The number of carboxylic acid groups (broad SMARTS) is 2. The number of carbonyl (C=O) groups is 4. The van der Waals surface area contributed by atoms with Gasteiger partial charge in [0.15, 0.2) is 5.96 Å². The van der Waals surface area contributed by atoms with Crippen LogP contribution < -0.4 is 16.2 Å². The summed E-state index contributed by atoms with van der Waals surface area (Å²) in [5, 5.41) is 19.2. The number of ether oxygens (including phenoxy) is 1. The molecule has 210 valence electrons. The number of carboxylic acids is 2. The quantitative estimate of drug-likeness (QED) is 0.0990. The van der Waals surface area contributed by atoms with Gasteiger partial charge in [0.05, 0.1) is 34.6 Å². The first-order chi connectivity index (χ1) is 19.1. The number of nitrogens with two attached hydrogens (primary N) is 2. The van der Waals surface area contributed by atoms with Crippen LogP contribution in [0.5, 0.6) is 5.75 Å². The highest BCUT2D eigenvalue weighted by Gasteiger charge is 2.21. The summed E-state index contributed by atoms with van der Waals surface area (Å²) in [5.41, 5.74) is 12.3. The molecule has 41 heavy (non-hydrogen) atoms. The lowest BCUT2D eigenvalue weighted by atomic mass is 10.1. The molecule has 0 bridgehead atoms. The minimum atomic E-state index is -1.24. The number of pyridine rings is 1. The number of benzene rings is 3. The summed E-state index contributed by atoms with van der Waals surface area (Å²) in [6.45, 7) is -0.747. The Bertz CT molecular complexity index is 1650. The van der Waals surface area contributed by atoms with E-state index in [2.05, 4.69) is 9.98 Å². The number of fused-ring (bicyclic) bond motifs is 1. The topological polar surface area (TPSA) is 198 Å². The highest BCUT2D eigenvalue weighted by Crippen LogP contribution is 2.22. The summed E-state index contributed by atoms with van der Waals surface area (Å²) in [6.07, 6.45) is 0. The average Bonchev–Trinajstić information content (AvgIpc) is 2.92. The van der Waals surface area contributed by atoms with Gasteiger partial charge in [0.25, 0.3) is 5.91 Å². The zero-order valence-electron chi connectivity index (χ0n) is 21.3. The van der Waals surface area contributed by atoms with Crippen molar-refractivity contribution >= 4 is 58.8 Å². The Morgan fingerprint density at radius 1 is 0.854 bits per heavy atom. The molecule has 0 aliphatic carbocycles. The number of nitrogens with zero attached hydrogens (tertiary/aromatic N) is 3. The lowest BCUT2D eigenvalue weighted by Crippen LogP contribution is -2.35. The van der Waals surface area contributed by atoms with Gasteiger partial charge in [-0.1, -0.05) is 12.1 Å². The molecule has 3 aromatic carbocycles. The lowest BCUT2D eigenvalue weighted by molar-refractivity contribution is -0.137. The van der Waals surface area contributed by atoms with E-state index in [1.807, 2.05) is 0 Å². The number of aliphatic carboxylic acids is 1. The molecule has 1 amide bonds. The van der Waals surface area contributed by atoms with Gasteiger partial charge in [0.1, 0.15) is 12.3 Å². The Morgan fingerprint density at radius 3 is 2.22 bits per heavy atom. The van der Waals surface area contributed by atoms with Gasteiger partial charge >= 0.3 is 17.9 Å². The Labute approximate surface area is 239 Å². The van der Waals surface area contributed by atoms with Crippen LogP contribution in [-0.2, 0) is 11.3 Å². The molecule has 0 spiro atoms. The van der Waals surface area contributed by atoms with Crippen LogP contribution in [0, 0.1) is 0 Å². The van der Waals surface area contributed by atoms with Crippen molar-refractivity contribution < 1.29 is 34.1 Å². The smallest absolute Gasteiger partial charge is 0.343 e. The summed E-state index contributed by atoms with van der Waals surface area (Å²) >= 11 is 0. The number of esters is 1. The number of aliphatic imine (C=N–C) groups is 1. The molecular formula is C28H24ClN5O7. The van der Waals surface area contributed by atoms with E-state index in [0.29, 0.717) is 27.8 Å². The number of amides is 1.